The highest BCUT2D eigenvalue weighted by Crippen LogP contribution is 2.34. The number of likely N-dealkylation sites (tertiary alicyclic amines) is 1. The molecule has 0 atom stereocenters. The fourth-order valence-corrected chi connectivity index (χ4v) is 6.11. The Morgan fingerprint density at radius 2 is 1.41 bits per heavy atom. The highest BCUT2D eigenvalue weighted by Gasteiger charge is 2.44. The summed E-state index contributed by atoms with van der Waals surface area (Å²) >= 11 is 0. The number of benzene rings is 1. The quantitative estimate of drug-likeness (QED) is 0.743. The smallest absolute Gasteiger partial charge is 0.249 e. The molecule has 0 bridgehead atoms. The topological polar surface area (TPSA) is 78.0 Å². The molecule has 8 heteroatoms. The van der Waals surface area contributed by atoms with E-state index in [4.69, 9.17) is 0 Å². The first-order valence-corrected chi connectivity index (χ1v) is 11.8. The van der Waals surface area contributed by atoms with E-state index in [1.165, 1.54) is 4.31 Å². The summed E-state index contributed by atoms with van der Waals surface area (Å²) in [5, 5.41) is 0. The fraction of sp³-hybridized carbons (Fsp3) is 0.524. The number of rotatable bonds is 4. The summed E-state index contributed by atoms with van der Waals surface area (Å²) in [7, 11) is -4.07. The van der Waals surface area contributed by atoms with Gasteiger partial charge < -0.3 is 9.80 Å². The van der Waals surface area contributed by atoms with Gasteiger partial charge in [0.1, 0.15) is 5.70 Å². The van der Waals surface area contributed by atoms with Crippen molar-refractivity contribution in [2.24, 2.45) is 0 Å². The van der Waals surface area contributed by atoms with Crippen molar-refractivity contribution in [3.63, 3.8) is 0 Å². The first-order valence-electron chi connectivity index (χ1n) is 10.3. The number of piperazine rings is 1. The number of sulfonamides is 1. The van der Waals surface area contributed by atoms with Gasteiger partial charge >= 0.3 is 0 Å². The van der Waals surface area contributed by atoms with Gasteiger partial charge in [0.2, 0.25) is 21.6 Å². The second-order valence-electron chi connectivity index (χ2n) is 7.77. The van der Waals surface area contributed by atoms with Gasteiger partial charge in [-0.25, -0.2) is 8.42 Å². The summed E-state index contributed by atoms with van der Waals surface area (Å²) in [6.45, 7) is 6.01. The number of fused-ring (bicyclic) bond motifs is 1. The average Bonchev–Trinajstić information content (AvgIpc) is 2.76. The van der Waals surface area contributed by atoms with Crippen molar-refractivity contribution < 1.29 is 18.0 Å². The lowest BCUT2D eigenvalue weighted by Gasteiger charge is -2.37. The van der Waals surface area contributed by atoms with E-state index in [1.807, 2.05) is 11.8 Å². The highest BCUT2D eigenvalue weighted by molar-refractivity contribution is 7.94. The summed E-state index contributed by atoms with van der Waals surface area (Å²) in [6, 6.07) is 6.54. The molecular weight excluding hydrogens is 390 g/mol. The molecule has 1 aromatic carbocycles. The Morgan fingerprint density at radius 3 is 2.00 bits per heavy atom. The number of ketones is 2. The molecule has 7 nitrogen and oxygen atoms in total. The zero-order chi connectivity index (χ0) is 20.6. The van der Waals surface area contributed by atoms with Crippen LogP contribution in [-0.2, 0) is 10.0 Å². The minimum Gasteiger partial charge on any atom is -0.367 e. The maximum atomic E-state index is 13.6. The molecule has 2 aliphatic heterocycles. The monoisotopic (exact) mass is 417 g/mol. The number of likely N-dealkylation sites (N-methyl/N-ethyl adjacent to an activating group) is 1. The number of piperidine rings is 1. The highest BCUT2D eigenvalue weighted by atomic mass is 32.2. The van der Waals surface area contributed by atoms with Crippen molar-refractivity contribution >= 4 is 21.6 Å². The Balaban J connectivity index is 1.81. The molecule has 2 heterocycles. The van der Waals surface area contributed by atoms with Gasteiger partial charge in [-0.15, -0.1) is 0 Å². The largest absolute Gasteiger partial charge is 0.367 e. The van der Waals surface area contributed by atoms with E-state index in [2.05, 4.69) is 4.90 Å². The standard InChI is InChI=1S/C21H27N3O4S/c1-2-22-12-14-24(15-13-22)29(27,28)21-18(23-10-6-3-7-11-23)19(25)16-8-4-5-9-17(16)20(21)26/h4-5,8-9H,2-3,6-7,10-15H2,1H3. The lowest BCUT2D eigenvalue weighted by molar-refractivity contribution is 0.0938. The minimum absolute atomic E-state index is 0.0753. The molecule has 4 rings (SSSR count). The van der Waals surface area contributed by atoms with Crippen molar-refractivity contribution in [1.29, 1.82) is 0 Å². The number of nitrogens with zero attached hydrogens (tertiary/aromatic N) is 3. The van der Waals surface area contributed by atoms with E-state index in [9.17, 15) is 18.0 Å². The molecular formula is C21H27N3O4S. The second kappa shape index (κ2) is 8.01. The number of hydrogen-bond donors (Lipinski definition) is 0. The van der Waals surface area contributed by atoms with Gasteiger partial charge in [0.05, 0.1) is 0 Å². The molecule has 0 saturated carbocycles. The van der Waals surface area contributed by atoms with Crippen LogP contribution >= 0.6 is 0 Å². The molecule has 0 aromatic heterocycles. The molecule has 0 spiro atoms. The van der Waals surface area contributed by atoms with E-state index in [1.54, 1.807) is 24.3 Å². The van der Waals surface area contributed by atoms with E-state index < -0.39 is 15.8 Å². The molecule has 0 N–H and O–H groups in total. The lowest BCUT2D eigenvalue weighted by atomic mass is 9.91. The van der Waals surface area contributed by atoms with Crippen molar-refractivity contribution in [1.82, 2.24) is 14.1 Å². The number of hydrogen-bond acceptors (Lipinski definition) is 6. The number of carbonyl (C=O) groups is 2. The van der Waals surface area contributed by atoms with Gasteiger partial charge in [-0.1, -0.05) is 31.2 Å². The summed E-state index contributed by atoms with van der Waals surface area (Å²) in [5.41, 5.74) is 0.558. The van der Waals surface area contributed by atoms with Crippen LogP contribution in [-0.4, -0.2) is 79.9 Å². The van der Waals surface area contributed by atoms with Crippen molar-refractivity contribution in [2.75, 3.05) is 45.8 Å². The summed E-state index contributed by atoms with van der Waals surface area (Å²) < 4.78 is 28.6. The summed E-state index contributed by atoms with van der Waals surface area (Å²) in [4.78, 5) is 30.4. The van der Waals surface area contributed by atoms with Gasteiger partial charge in [0, 0.05) is 50.4 Å². The first-order chi connectivity index (χ1) is 13.9. The number of allylic oxidation sites excluding steroid dienone is 2. The number of Topliss-reactive ketones (excluding diaryl/α,β-unsaturated/α-hetero) is 2. The predicted molar refractivity (Wildman–Crippen MR) is 110 cm³/mol. The third-order valence-electron chi connectivity index (χ3n) is 6.10. The Morgan fingerprint density at radius 1 is 0.828 bits per heavy atom. The molecule has 3 aliphatic rings. The van der Waals surface area contributed by atoms with Gasteiger partial charge in [0.15, 0.2) is 4.91 Å². The van der Waals surface area contributed by atoms with Gasteiger partial charge in [-0.3, -0.25) is 9.59 Å². The van der Waals surface area contributed by atoms with Crippen LogP contribution in [0.1, 0.15) is 46.9 Å². The van der Waals surface area contributed by atoms with Crippen LogP contribution in [0.3, 0.4) is 0 Å². The number of carbonyl (C=O) groups excluding carboxylic acids is 2. The molecule has 1 aromatic rings. The molecule has 2 fully saturated rings. The molecule has 156 valence electrons. The molecule has 29 heavy (non-hydrogen) atoms. The van der Waals surface area contributed by atoms with Gasteiger partial charge in [-0.2, -0.15) is 4.31 Å². The van der Waals surface area contributed by atoms with Crippen LogP contribution in [0.5, 0.6) is 0 Å². The second-order valence-corrected chi connectivity index (χ2v) is 9.64. The normalized spacial score (nSPS) is 22.2. The van der Waals surface area contributed by atoms with Crippen LogP contribution in [0.15, 0.2) is 34.9 Å². The molecule has 0 radical (unpaired) electrons. The van der Waals surface area contributed by atoms with Crippen LogP contribution in [0.25, 0.3) is 0 Å². The van der Waals surface area contributed by atoms with E-state index >= 15 is 0 Å². The van der Waals surface area contributed by atoms with Gasteiger partial charge in [-0.05, 0) is 25.8 Å². The van der Waals surface area contributed by atoms with Crippen LogP contribution in [0, 0.1) is 0 Å². The van der Waals surface area contributed by atoms with Gasteiger partial charge in [0.25, 0.3) is 0 Å². The average molecular weight is 418 g/mol. The maximum absolute atomic E-state index is 13.6. The van der Waals surface area contributed by atoms with Crippen molar-refractivity contribution in [2.45, 2.75) is 26.2 Å². The van der Waals surface area contributed by atoms with E-state index in [-0.39, 0.29) is 21.9 Å². The van der Waals surface area contributed by atoms with E-state index in [0.717, 1.165) is 25.8 Å². The SMILES string of the molecule is CCN1CCN(S(=O)(=O)C2=C(N3CCCCC3)C(=O)c3ccccc3C2=O)CC1. The summed E-state index contributed by atoms with van der Waals surface area (Å²) in [5.74, 6) is -0.911. The Hall–Kier alpha value is -2.03. The Kier molecular flexibility index (Phi) is 5.59. The zero-order valence-electron chi connectivity index (χ0n) is 16.8. The molecule has 1 aliphatic carbocycles. The first kappa shape index (κ1) is 20.3. The predicted octanol–water partition coefficient (Wildman–Crippen LogP) is 1.73. The van der Waals surface area contributed by atoms with Crippen molar-refractivity contribution in [3.8, 4) is 0 Å². The third kappa shape index (κ3) is 3.53. The van der Waals surface area contributed by atoms with Crippen molar-refractivity contribution in [3.05, 3.63) is 46.0 Å². The van der Waals surface area contributed by atoms with Crippen LogP contribution < -0.4 is 0 Å². The van der Waals surface area contributed by atoms with Crippen LogP contribution in [0.4, 0.5) is 0 Å². The molecule has 2 saturated heterocycles. The molecule has 0 amide bonds. The summed E-state index contributed by atoms with van der Waals surface area (Å²) in [6.07, 6.45) is 2.81. The van der Waals surface area contributed by atoms with E-state index in [0.29, 0.717) is 44.8 Å². The lowest BCUT2D eigenvalue weighted by Crippen LogP contribution is -2.50. The fourth-order valence-electron chi connectivity index (χ4n) is 4.40. The zero-order valence-corrected chi connectivity index (χ0v) is 17.6. The maximum Gasteiger partial charge on any atom is 0.249 e. The third-order valence-corrected chi connectivity index (χ3v) is 8.04. The Labute approximate surface area is 172 Å². The Bertz CT molecular complexity index is 956. The van der Waals surface area contributed by atoms with Crippen LogP contribution in [0.2, 0.25) is 0 Å². The minimum atomic E-state index is -4.07. The molecule has 0 unspecified atom stereocenters.